The Labute approximate surface area is 127 Å². The molecule has 1 atom stereocenters. The fraction of sp³-hybridized carbons (Fsp3) is 0.294. The summed E-state index contributed by atoms with van der Waals surface area (Å²) in [6.07, 6.45) is 0.498. The topological polar surface area (TPSA) is 68.4 Å². The number of ether oxygens (including phenoxy) is 2. The predicted molar refractivity (Wildman–Crippen MR) is 81.4 cm³/mol. The summed E-state index contributed by atoms with van der Waals surface area (Å²) in [4.78, 5) is 26.6. The van der Waals surface area contributed by atoms with E-state index in [2.05, 4.69) is 4.98 Å². The molecule has 0 saturated carbocycles. The van der Waals surface area contributed by atoms with Gasteiger partial charge in [-0.1, -0.05) is 18.2 Å². The molecule has 1 aliphatic rings. The van der Waals surface area contributed by atoms with Crippen molar-refractivity contribution in [3.05, 3.63) is 63.1 Å². The molecule has 0 spiro atoms. The van der Waals surface area contributed by atoms with Gasteiger partial charge in [-0.05, 0) is 37.1 Å². The molecular formula is C17H17NO4. The van der Waals surface area contributed by atoms with E-state index in [0.717, 1.165) is 11.3 Å². The van der Waals surface area contributed by atoms with Gasteiger partial charge in [0.1, 0.15) is 24.0 Å². The summed E-state index contributed by atoms with van der Waals surface area (Å²) >= 11 is 0. The van der Waals surface area contributed by atoms with Crippen LogP contribution in [0.1, 0.15) is 27.2 Å². The molecule has 2 heterocycles. The SMILES string of the molecule is Cc1cc(C)c(C(=O)OC[C@H]2Cc3ccccc3O2)c(=O)[nH]1. The average Bonchev–Trinajstić information content (AvgIpc) is 2.86. The van der Waals surface area contributed by atoms with Gasteiger partial charge >= 0.3 is 5.97 Å². The summed E-state index contributed by atoms with van der Waals surface area (Å²) in [5.74, 6) is 0.214. The van der Waals surface area contributed by atoms with Crippen molar-refractivity contribution >= 4 is 5.97 Å². The minimum Gasteiger partial charge on any atom is -0.486 e. The average molecular weight is 299 g/mol. The van der Waals surface area contributed by atoms with E-state index in [9.17, 15) is 9.59 Å². The van der Waals surface area contributed by atoms with Crippen molar-refractivity contribution in [2.24, 2.45) is 0 Å². The van der Waals surface area contributed by atoms with Gasteiger partial charge in [0.15, 0.2) is 0 Å². The van der Waals surface area contributed by atoms with Crippen LogP contribution in [0.2, 0.25) is 0 Å². The quantitative estimate of drug-likeness (QED) is 0.882. The highest BCUT2D eigenvalue weighted by atomic mass is 16.6. The molecule has 1 aromatic heterocycles. The maximum Gasteiger partial charge on any atom is 0.344 e. The second kappa shape index (κ2) is 5.67. The zero-order chi connectivity index (χ0) is 15.7. The molecule has 1 N–H and O–H groups in total. The summed E-state index contributed by atoms with van der Waals surface area (Å²) in [6, 6.07) is 9.49. The van der Waals surface area contributed by atoms with Crippen molar-refractivity contribution in [1.29, 1.82) is 0 Å². The molecule has 0 bridgehead atoms. The Morgan fingerprint density at radius 2 is 2.14 bits per heavy atom. The molecule has 22 heavy (non-hydrogen) atoms. The van der Waals surface area contributed by atoms with Crippen LogP contribution < -0.4 is 10.3 Å². The summed E-state index contributed by atoms with van der Waals surface area (Å²) in [7, 11) is 0. The fourth-order valence-electron chi connectivity index (χ4n) is 2.70. The summed E-state index contributed by atoms with van der Waals surface area (Å²) in [6.45, 7) is 3.62. The number of esters is 1. The molecule has 0 unspecified atom stereocenters. The number of aryl methyl sites for hydroxylation is 2. The van der Waals surface area contributed by atoms with Gasteiger partial charge < -0.3 is 14.5 Å². The van der Waals surface area contributed by atoms with Crippen molar-refractivity contribution in [3.8, 4) is 5.75 Å². The highest BCUT2D eigenvalue weighted by Crippen LogP contribution is 2.28. The third kappa shape index (κ3) is 2.74. The van der Waals surface area contributed by atoms with E-state index >= 15 is 0 Å². The number of hydrogen-bond donors (Lipinski definition) is 1. The Morgan fingerprint density at radius 1 is 1.36 bits per heavy atom. The molecule has 2 aromatic rings. The van der Waals surface area contributed by atoms with Crippen LogP contribution in [-0.2, 0) is 11.2 Å². The van der Waals surface area contributed by atoms with Crippen molar-refractivity contribution in [2.45, 2.75) is 26.4 Å². The van der Waals surface area contributed by atoms with Crippen LogP contribution in [0.15, 0.2) is 35.1 Å². The highest BCUT2D eigenvalue weighted by Gasteiger charge is 2.25. The largest absolute Gasteiger partial charge is 0.486 e. The number of hydrogen-bond acceptors (Lipinski definition) is 4. The number of benzene rings is 1. The molecule has 0 amide bonds. The van der Waals surface area contributed by atoms with Crippen molar-refractivity contribution in [2.75, 3.05) is 6.61 Å². The van der Waals surface area contributed by atoms with Gasteiger partial charge in [0.05, 0.1) is 0 Å². The molecule has 0 saturated heterocycles. The lowest BCUT2D eigenvalue weighted by molar-refractivity contribution is 0.0344. The molecule has 3 rings (SSSR count). The second-order valence-corrected chi connectivity index (χ2v) is 5.49. The van der Waals surface area contributed by atoms with Gasteiger partial charge in [0.2, 0.25) is 0 Å². The van der Waals surface area contributed by atoms with Gasteiger partial charge in [-0.15, -0.1) is 0 Å². The first kappa shape index (κ1) is 14.4. The molecular weight excluding hydrogens is 282 g/mol. The van der Waals surface area contributed by atoms with Crippen LogP contribution >= 0.6 is 0 Å². The summed E-state index contributed by atoms with van der Waals surface area (Å²) in [5, 5.41) is 0. The van der Waals surface area contributed by atoms with E-state index in [-0.39, 0.29) is 18.3 Å². The number of pyridine rings is 1. The summed E-state index contributed by atoms with van der Waals surface area (Å²) < 4.78 is 11.0. The van der Waals surface area contributed by atoms with Crippen LogP contribution in [-0.4, -0.2) is 23.7 Å². The number of H-pyrrole nitrogens is 1. The lowest BCUT2D eigenvalue weighted by atomic mass is 10.1. The molecule has 5 nitrogen and oxygen atoms in total. The van der Waals surface area contributed by atoms with Gasteiger partial charge in [0, 0.05) is 12.1 Å². The predicted octanol–water partition coefficient (Wildman–Crippen LogP) is 2.15. The Bertz CT molecular complexity index is 753. The molecule has 0 aliphatic carbocycles. The van der Waals surface area contributed by atoms with E-state index < -0.39 is 11.5 Å². The van der Waals surface area contributed by atoms with Crippen LogP contribution in [0.5, 0.6) is 5.75 Å². The minimum atomic E-state index is -0.613. The molecule has 0 fully saturated rings. The standard InChI is InChI=1S/C17H17NO4/c1-10-7-11(2)18-16(19)15(10)17(20)21-9-13-8-12-5-3-4-6-14(12)22-13/h3-7,13H,8-9H2,1-2H3,(H,18,19)/t13-/m1/s1. The van der Waals surface area contributed by atoms with Crippen LogP contribution in [0, 0.1) is 13.8 Å². The van der Waals surface area contributed by atoms with E-state index in [4.69, 9.17) is 9.47 Å². The maximum absolute atomic E-state index is 12.1. The third-order valence-corrected chi connectivity index (χ3v) is 3.68. The molecule has 1 aromatic carbocycles. The molecule has 1 aliphatic heterocycles. The second-order valence-electron chi connectivity index (χ2n) is 5.49. The van der Waals surface area contributed by atoms with E-state index in [1.807, 2.05) is 24.3 Å². The zero-order valence-electron chi connectivity index (χ0n) is 12.5. The zero-order valence-corrected chi connectivity index (χ0v) is 12.5. The normalized spacial score (nSPS) is 16.0. The first-order valence-corrected chi connectivity index (χ1v) is 7.17. The number of rotatable bonds is 3. The van der Waals surface area contributed by atoms with Gasteiger partial charge in [-0.2, -0.15) is 0 Å². The number of carbonyl (C=O) groups is 1. The third-order valence-electron chi connectivity index (χ3n) is 3.68. The number of aromatic nitrogens is 1. The smallest absolute Gasteiger partial charge is 0.344 e. The number of carbonyl (C=O) groups excluding carboxylic acids is 1. The lowest BCUT2D eigenvalue weighted by Crippen LogP contribution is -2.27. The van der Waals surface area contributed by atoms with Gasteiger partial charge in [0.25, 0.3) is 5.56 Å². The number of aromatic amines is 1. The fourth-order valence-corrected chi connectivity index (χ4v) is 2.70. The first-order valence-electron chi connectivity index (χ1n) is 7.17. The van der Waals surface area contributed by atoms with Gasteiger partial charge in [-0.3, -0.25) is 4.79 Å². The minimum absolute atomic E-state index is 0.0566. The first-order chi connectivity index (χ1) is 10.5. The highest BCUT2D eigenvalue weighted by molar-refractivity contribution is 5.90. The van der Waals surface area contributed by atoms with Crippen LogP contribution in [0.3, 0.4) is 0 Å². The molecule has 114 valence electrons. The van der Waals surface area contributed by atoms with Crippen molar-refractivity contribution in [3.63, 3.8) is 0 Å². The Balaban J connectivity index is 1.66. The van der Waals surface area contributed by atoms with Gasteiger partial charge in [-0.25, -0.2) is 4.79 Å². The number of fused-ring (bicyclic) bond motifs is 1. The number of para-hydroxylation sites is 1. The lowest BCUT2D eigenvalue weighted by Gasteiger charge is -2.12. The maximum atomic E-state index is 12.1. The monoisotopic (exact) mass is 299 g/mol. The van der Waals surface area contributed by atoms with E-state index in [1.54, 1.807) is 19.9 Å². The van der Waals surface area contributed by atoms with Crippen LogP contribution in [0.4, 0.5) is 0 Å². The Kier molecular flexibility index (Phi) is 3.71. The van der Waals surface area contributed by atoms with Crippen LogP contribution in [0.25, 0.3) is 0 Å². The van der Waals surface area contributed by atoms with E-state index in [1.165, 1.54) is 0 Å². The molecule has 5 heteroatoms. The van der Waals surface area contributed by atoms with E-state index in [0.29, 0.717) is 17.7 Å². The Morgan fingerprint density at radius 3 is 2.86 bits per heavy atom. The van der Waals surface area contributed by atoms with Crippen molar-refractivity contribution < 1.29 is 14.3 Å². The number of nitrogens with one attached hydrogen (secondary N) is 1. The molecule has 0 radical (unpaired) electrons. The van der Waals surface area contributed by atoms with Crippen molar-refractivity contribution in [1.82, 2.24) is 4.98 Å². The Hall–Kier alpha value is -2.56. The summed E-state index contributed by atoms with van der Waals surface area (Å²) in [5.41, 5.74) is 2.07.